The molecular formula is C56H66O10P2. The number of rotatable bonds is 25. The van der Waals surface area contributed by atoms with Crippen molar-refractivity contribution in [2.24, 2.45) is 0 Å². The topological polar surface area (TPSA) is 100 Å². The first-order chi connectivity index (χ1) is 33.3. The predicted octanol–water partition coefficient (Wildman–Crippen LogP) is 17.0. The monoisotopic (exact) mass is 960 g/mol. The number of methoxy groups -OCH3 is 4. The lowest BCUT2D eigenvalue weighted by atomic mass is 9.94. The van der Waals surface area contributed by atoms with E-state index in [1.54, 1.807) is 28.4 Å². The Kier molecular flexibility index (Phi) is 18.3. The maximum Gasteiger partial charge on any atom is 0.530 e. The van der Waals surface area contributed by atoms with Crippen LogP contribution in [-0.2, 0) is 25.7 Å². The molecule has 0 fully saturated rings. The summed E-state index contributed by atoms with van der Waals surface area (Å²) in [5, 5.41) is 1.73. The average molecular weight is 961 g/mol. The van der Waals surface area contributed by atoms with E-state index < -0.39 is 16.8 Å². The van der Waals surface area contributed by atoms with Crippen molar-refractivity contribution in [3.63, 3.8) is 0 Å². The summed E-state index contributed by atoms with van der Waals surface area (Å²) in [7, 11) is 2.56. The summed E-state index contributed by atoms with van der Waals surface area (Å²) < 4.78 is 66.0. The van der Waals surface area contributed by atoms with Crippen LogP contribution in [0.25, 0.3) is 33.1 Å². The molecule has 0 bridgehead atoms. The van der Waals surface area contributed by atoms with Gasteiger partial charge >= 0.3 is 16.8 Å². The molecule has 0 saturated heterocycles. The Morgan fingerprint density at radius 1 is 0.412 bits per heavy atom. The fourth-order valence-corrected chi connectivity index (χ4v) is 10.4. The van der Waals surface area contributed by atoms with Gasteiger partial charge in [0.05, 0.1) is 28.4 Å². The smallest absolute Gasteiger partial charge is 0.497 e. The van der Waals surface area contributed by atoms with Crippen LogP contribution >= 0.6 is 16.8 Å². The van der Waals surface area contributed by atoms with Crippen LogP contribution in [0.15, 0.2) is 118 Å². The Hall–Kier alpha value is -5.95. The van der Waals surface area contributed by atoms with Crippen molar-refractivity contribution in [1.82, 2.24) is 0 Å². The second-order valence-electron chi connectivity index (χ2n) is 16.7. The SMILES string of the molecule is CCCCc1cc(OC)cc(-c2cc(OC)cc(CCCC)c2Op2oc3c(CCCC)cc(OC)cc3c3cc(OC)cc(CCCC)c3o2)c1OP(Oc1ccccc1)Oc1ccccc1. The van der Waals surface area contributed by atoms with E-state index in [-0.39, 0.29) is 0 Å². The van der Waals surface area contributed by atoms with Crippen LogP contribution < -0.4 is 37.0 Å². The lowest BCUT2D eigenvalue weighted by Gasteiger charge is -2.24. The van der Waals surface area contributed by atoms with Crippen molar-refractivity contribution >= 4 is 38.8 Å². The van der Waals surface area contributed by atoms with Crippen LogP contribution in [0.1, 0.15) is 101 Å². The molecule has 0 spiro atoms. The van der Waals surface area contributed by atoms with Crippen LogP contribution in [-0.4, -0.2) is 28.4 Å². The number of unbranched alkanes of at least 4 members (excludes halogenated alkanes) is 4. The van der Waals surface area contributed by atoms with E-state index in [2.05, 4.69) is 45.9 Å². The first-order valence-corrected chi connectivity index (χ1v) is 26.1. The number of benzene rings is 6. The van der Waals surface area contributed by atoms with E-state index in [4.69, 9.17) is 45.4 Å². The fourth-order valence-electron chi connectivity index (χ4n) is 8.10. The Bertz CT molecular complexity index is 2640. The summed E-state index contributed by atoms with van der Waals surface area (Å²) in [4.78, 5) is 0. The van der Waals surface area contributed by atoms with Gasteiger partial charge in [0.25, 0.3) is 0 Å². The molecule has 0 aliphatic rings. The molecule has 0 amide bonds. The maximum atomic E-state index is 7.39. The van der Waals surface area contributed by atoms with Gasteiger partial charge in [0.2, 0.25) is 0 Å². The molecule has 68 heavy (non-hydrogen) atoms. The lowest BCUT2D eigenvalue weighted by molar-refractivity contribution is 0.384. The summed E-state index contributed by atoms with van der Waals surface area (Å²) in [6.45, 7) is 8.75. The summed E-state index contributed by atoms with van der Waals surface area (Å²) >= 11 is 0. The predicted molar refractivity (Wildman–Crippen MR) is 277 cm³/mol. The van der Waals surface area contributed by atoms with Gasteiger partial charge in [0.15, 0.2) is 0 Å². The minimum Gasteiger partial charge on any atom is -0.497 e. The van der Waals surface area contributed by atoms with Crippen LogP contribution in [0.4, 0.5) is 0 Å². The number of aryl methyl sites for hydroxylation is 4. The van der Waals surface area contributed by atoms with Crippen molar-refractivity contribution in [3.05, 3.63) is 131 Å². The fraction of sp³-hybridized carbons (Fsp3) is 0.357. The lowest BCUT2D eigenvalue weighted by Crippen LogP contribution is -2.06. The Morgan fingerprint density at radius 3 is 1.19 bits per heavy atom. The summed E-state index contributed by atoms with van der Waals surface area (Å²) in [5.74, 6) is 5.23. The van der Waals surface area contributed by atoms with Crippen molar-refractivity contribution in [3.8, 4) is 57.1 Å². The summed E-state index contributed by atoms with van der Waals surface area (Å²) in [6, 6.07) is 35.5. The molecule has 7 aromatic rings. The normalized spacial score (nSPS) is 11.2. The number of fused-ring (bicyclic) bond motifs is 3. The highest BCUT2D eigenvalue weighted by Crippen LogP contribution is 2.53. The maximum absolute atomic E-state index is 7.39. The van der Waals surface area contributed by atoms with Gasteiger partial charge in [-0.1, -0.05) is 89.8 Å². The van der Waals surface area contributed by atoms with Crippen molar-refractivity contribution in [2.75, 3.05) is 28.4 Å². The van der Waals surface area contributed by atoms with Gasteiger partial charge < -0.3 is 45.4 Å². The minimum absolute atomic E-state index is 0.589. The number of para-hydroxylation sites is 2. The van der Waals surface area contributed by atoms with E-state index in [0.717, 1.165) is 120 Å². The van der Waals surface area contributed by atoms with E-state index in [1.165, 1.54) is 0 Å². The number of ether oxygens (including phenoxy) is 4. The zero-order chi connectivity index (χ0) is 47.8. The molecule has 10 nitrogen and oxygen atoms in total. The van der Waals surface area contributed by atoms with E-state index >= 15 is 0 Å². The van der Waals surface area contributed by atoms with Crippen LogP contribution in [0, 0.1) is 0 Å². The molecule has 1 heterocycles. The van der Waals surface area contributed by atoms with Gasteiger partial charge in [-0.05, 0) is 146 Å². The molecule has 0 N–H and O–H groups in total. The van der Waals surface area contributed by atoms with Gasteiger partial charge in [0, 0.05) is 21.9 Å². The number of hydrogen-bond acceptors (Lipinski definition) is 10. The van der Waals surface area contributed by atoms with Gasteiger partial charge in [-0.3, -0.25) is 0 Å². The molecule has 0 atom stereocenters. The largest absolute Gasteiger partial charge is 0.530 e. The molecule has 7 rings (SSSR count). The zero-order valence-electron chi connectivity index (χ0n) is 40.9. The third-order valence-corrected chi connectivity index (χ3v) is 13.8. The molecular weight excluding hydrogens is 895 g/mol. The molecule has 0 aliphatic carbocycles. The van der Waals surface area contributed by atoms with E-state index in [9.17, 15) is 0 Å². The van der Waals surface area contributed by atoms with Crippen LogP contribution in [0.5, 0.6) is 46.0 Å². The van der Waals surface area contributed by atoms with Gasteiger partial charge in [-0.2, -0.15) is 0 Å². The van der Waals surface area contributed by atoms with Gasteiger partial charge in [-0.25, -0.2) is 0 Å². The highest BCUT2D eigenvalue weighted by Gasteiger charge is 2.29. The molecule has 0 radical (unpaired) electrons. The molecule has 6 aromatic carbocycles. The third-order valence-electron chi connectivity index (χ3n) is 11.8. The van der Waals surface area contributed by atoms with Crippen molar-refractivity contribution in [2.45, 2.75) is 105 Å². The van der Waals surface area contributed by atoms with E-state index in [0.29, 0.717) is 58.5 Å². The zero-order valence-corrected chi connectivity index (χ0v) is 42.6. The summed E-state index contributed by atoms with van der Waals surface area (Å²) in [5.41, 5.74) is 6.76. The minimum atomic E-state index is -2.15. The number of hydrogen-bond donors (Lipinski definition) is 0. The first-order valence-electron chi connectivity index (χ1n) is 24.0. The highest BCUT2D eigenvalue weighted by atomic mass is 31.2. The van der Waals surface area contributed by atoms with Crippen molar-refractivity contribution < 1.29 is 45.4 Å². The standard InChI is InChI=1S/C56H66O10P2/c1-9-13-23-39-31-45(57-5)35-49(53(39)63-67(61-43-27-19-17-20-28-43)62-44-29-21-18-22-30-44)50-36-46(58-6)32-40(24-14-10-2)54(50)64-68-65-55-41(25-15-11-3)33-47(59-7)37-51(55)52-38-48(60-8)34-42(26-16-12-4)56(52)66-68/h17-22,27-38H,9-16,23-26H2,1-8H3. The summed E-state index contributed by atoms with van der Waals surface area (Å²) in [6.07, 6.45) is 10.7. The highest BCUT2D eigenvalue weighted by molar-refractivity contribution is 7.43. The Morgan fingerprint density at radius 2 is 0.779 bits per heavy atom. The molecule has 0 saturated carbocycles. The first kappa shape index (κ1) is 49.9. The Balaban J connectivity index is 1.53. The average Bonchev–Trinajstić information content (AvgIpc) is 3.53. The molecule has 1 aromatic heterocycles. The van der Waals surface area contributed by atoms with Gasteiger partial charge in [-0.15, -0.1) is 0 Å². The Labute approximate surface area is 404 Å². The van der Waals surface area contributed by atoms with E-state index in [1.807, 2.05) is 91.0 Å². The second kappa shape index (κ2) is 24.9. The van der Waals surface area contributed by atoms with Crippen LogP contribution in [0.2, 0.25) is 0 Å². The second-order valence-corrected chi connectivity index (χ2v) is 18.7. The third kappa shape index (κ3) is 12.4. The molecule has 0 aliphatic heterocycles. The van der Waals surface area contributed by atoms with Crippen molar-refractivity contribution in [1.29, 1.82) is 0 Å². The molecule has 360 valence electrons. The molecule has 12 heteroatoms. The van der Waals surface area contributed by atoms with Crippen LogP contribution in [0.3, 0.4) is 0 Å². The quantitative estimate of drug-likeness (QED) is 0.0515. The molecule has 0 unspecified atom stereocenters. The van der Waals surface area contributed by atoms with Gasteiger partial charge in [0.1, 0.15) is 57.2 Å².